The molecule has 0 fully saturated rings. The van der Waals surface area contributed by atoms with E-state index in [-0.39, 0.29) is 12.6 Å². The number of nitrogens with zero attached hydrogens (tertiary/aromatic N) is 4. The number of hydrogen-bond acceptors (Lipinski definition) is 7. The number of nitrogens with one attached hydrogen (secondary N) is 4. The van der Waals surface area contributed by atoms with Gasteiger partial charge in [0, 0.05) is 47.7 Å². The highest BCUT2D eigenvalue weighted by molar-refractivity contribution is 7.88. The summed E-state index contributed by atoms with van der Waals surface area (Å²) in [6, 6.07) is 12.5. The third kappa shape index (κ3) is 5.65. The molecule has 12 heteroatoms. The Morgan fingerprint density at radius 1 is 0.951 bits per heavy atom. The SMILES string of the molecule is CC(C)Nc1cncc(-c2ccc3[nH]nc(-c4cc5c(-c6cc(F)cc(CNS(C)(=O)=O)c6)cncc5[nH]4)c3n2)c1. The molecule has 6 aromatic rings. The van der Waals surface area contributed by atoms with Gasteiger partial charge in [0.25, 0.3) is 0 Å². The summed E-state index contributed by atoms with van der Waals surface area (Å²) in [5.41, 5.74) is 7.86. The molecule has 4 N–H and O–H groups in total. The molecular weight excluding hydrogens is 543 g/mol. The van der Waals surface area contributed by atoms with Gasteiger partial charge in [-0.3, -0.25) is 15.1 Å². The summed E-state index contributed by atoms with van der Waals surface area (Å²) in [5, 5.41) is 11.8. The Bertz CT molecular complexity index is 2020. The van der Waals surface area contributed by atoms with Gasteiger partial charge in [0.05, 0.1) is 40.6 Å². The van der Waals surface area contributed by atoms with Gasteiger partial charge in [-0.05, 0) is 67.4 Å². The van der Waals surface area contributed by atoms with Crippen LogP contribution in [-0.4, -0.2) is 50.8 Å². The molecule has 6 rings (SSSR count). The molecule has 0 aliphatic carbocycles. The second-order valence-electron chi connectivity index (χ2n) is 10.2. The van der Waals surface area contributed by atoms with Gasteiger partial charge in [0.2, 0.25) is 10.0 Å². The van der Waals surface area contributed by atoms with E-state index in [1.54, 1.807) is 30.9 Å². The second kappa shape index (κ2) is 10.4. The lowest BCUT2D eigenvalue weighted by Crippen LogP contribution is -2.21. The van der Waals surface area contributed by atoms with Gasteiger partial charge in [-0.15, -0.1) is 0 Å². The molecular formula is C29H27FN8O2S. The minimum atomic E-state index is -3.43. The molecule has 0 spiro atoms. The molecule has 0 unspecified atom stereocenters. The highest BCUT2D eigenvalue weighted by atomic mass is 32.2. The van der Waals surface area contributed by atoms with E-state index in [9.17, 15) is 12.8 Å². The van der Waals surface area contributed by atoms with E-state index < -0.39 is 15.8 Å². The van der Waals surface area contributed by atoms with Crippen molar-refractivity contribution in [3.05, 3.63) is 78.6 Å². The van der Waals surface area contributed by atoms with Crippen LogP contribution >= 0.6 is 0 Å². The van der Waals surface area contributed by atoms with Crippen LogP contribution < -0.4 is 10.0 Å². The summed E-state index contributed by atoms with van der Waals surface area (Å²) >= 11 is 0. The van der Waals surface area contributed by atoms with Crippen LogP contribution in [0.5, 0.6) is 0 Å². The summed E-state index contributed by atoms with van der Waals surface area (Å²) in [6.07, 6.45) is 7.98. The molecule has 0 radical (unpaired) electrons. The summed E-state index contributed by atoms with van der Waals surface area (Å²) < 4.78 is 40.1. The third-order valence-corrected chi connectivity index (χ3v) is 7.17. The zero-order valence-corrected chi connectivity index (χ0v) is 23.3. The van der Waals surface area contributed by atoms with Gasteiger partial charge < -0.3 is 10.3 Å². The maximum absolute atomic E-state index is 14.6. The van der Waals surface area contributed by atoms with Crippen LogP contribution in [0.15, 0.2) is 67.3 Å². The van der Waals surface area contributed by atoms with E-state index in [4.69, 9.17) is 4.98 Å². The van der Waals surface area contributed by atoms with Crippen molar-refractivity contribution in [2.75, 3.05) is 11.6 Å². The van der Waals surface area contributed by atoms with Crippen LogP contribution in [0, 0.1) is 5.82 Å². The normalized spacial score (nSPS) is 12.0. The van der Waals surface area contributed by atoms with Crippen LogP contribution in [0.1, 0.15) is 19.4 Å². The Morgan fingerprint density at radius 2 is 1.78 bits per heavy atom. The fourth-order valence-corrected chi connectivity index (χ4v) is 5.20. The average Bonchev–Trinajstić information content (AvgIpc) is 3.54. The standard InChI is InChI=1S/C29H27FN8O2S/c1-16(2)34-21-9-19(12-31-13-21)24-4-5-25-28(36-24)29(38-37-25)26-10-22-23(14-32-15-27(22)35-26)18-6-17(7-20(30)8-18)11-33-41(3,39)40/h4-10,12-16,33-35H,11H2,1-3H3,(H,37,38). The van der Waals surface area contributed by atoms with E-state index >= 15 is 0 Å². The summed E-state index contributed by atoms with van der Waals surface area (Å²) in [4.78, 5) is 17.0. The number of sulfonamides is 1. The number of anilines is 1. The Labute approximate surface area is 235 Å². The second-order valence-corrected chi connectivity index (χ2v) is 12.0. The number of hydrogen-bond donors (Lipinski definition) is 4. The summed E-state index contributed by atoms with van der Waals surface area (Å²) in [5.74, 6) is -0.474. The molecule has 5 aromatic heterocycles. The molecule has 0 atom stereocenters. The van der Waals surface area contributed by atoms with Gasteiger partial charge >= 0.3 is 0 Å². The van der Waals surface area contributed by atoms with Crippen LogP contribution in [0.2, 0.25) is 0 Å². The number of H-pyrrole nitrogens is 2. The zero-order chi connectivity index (χ0) is 28.7. The lowest BCUT2D eigenvalue weighted by atomic mass is 10.0. The number of pyridine rings is 3. The molecule has 10 nitrogen and oxygen atoms in total. The Kier molecular flexibility index (Phi) is 6.72. The molecule has 0 saturated carbocycles. The Hall–Kier alpha value is -4.68. The predicted octanol–water partition coefficient (Wildman–Crippen LogP) is 5.24. The van der Waals surface area contributed by atoms with Crippen molar-refractivity contribution in [3.63, 3.8) is 0 Å². The number of aromatic nitrogens is 6. The maximum Gasteiger partial charge on any atom is 0.209 e. The first-order valence-corrected chi connectivity index (χ1v) is 14.8. The van der Waals surface area contributed by atoms with Gasteiger partial charge in [0.1, 0.15) is 17.0 Å². The van der Waals surface area contributed by atoms with Crippen molar-refractivity contribution >= 4 is 37.6 Å². The third-order valence-electron chi connectivity index (χ3n) is 6.50. The van der Waals surface area contributed by atoms with E-state index in [1.807, 2.05) is 24.3 Å². The Balaban J connectivity index is 1.40. The molecule has 0 saturated heterocycles. The highest BCUT2D eigenvalue weighted by Crippen LogP contribution is 2.34. The maximum atomic E-state index is 14.6. The number of rotatable bonds is 8. The fourth-order valence-electron chi connectivity index (χ4n) is 4.77. The van der Waals surface area contributed by atoms with E-state index in [0.717, 1.165) is 39.6 Å². The first kappa shape index (κ1) is 26.5. The highest BCUT2D eigenvalue weighted by Gasteiger charge is 2.17. The molecule has 41 heavy (non-hydrogen) atoms. The van der Waals surface area contributed by atoms with Crippen molar-refractivity contribution in [2.24, 2.45) is 0 Å². The van der Waals surface area contributed by atoms with Crippen molar-refractivity contribution in [3.8, 4) is 33.8 Å². The number of halogens is 1. The van der Waals surface area contributed by atoms with Crippen LogP contribution in [-0.2, 0) is 16.6 Å². The molecule has 0 bridgehead atoms. The van der Waals surface area contributed by atoms with Gasteiger partial charge in [-0.2, -0.15) is 5.10 Å². The van der Waals surface area contributed by atoms with Crippen molar-refractivity contribution in [2.45, 2.75) is 26.4 Å². The van der Waals surface area contributed by atoms with Crippen molar-refractivity contribution < 1.29 is 12.8 Å². The van der Waals surface area contributed by atoms with E-state index in [0.29, 0.717) is 33.6 Å². The average molecular weight is 571 g/mol. The van der Waals surface area contributed by atoms with Crippen molar-refractivity contribution in [1.82, 2.24) is 34.9 Å². The van der Waals surface area contributed by atoms with Gasteiger partial charge in [-0.25, -0.2) is 22.5 Å². The largest absolute Gasteiger partial charge is 0.382 e. The molecule has 208 valence electrons. The smallest absolute Gasteiger partial charge is 0.209 e. The van der Waals surface area contributed by atoms with Crippen molar-refractivity contribution in [1.29, 1.82) is 0 Å². The lowest BCUT2D eigenvalue weighted by molar-refractivity contribution is 0.586. The minimum Gasteiger partial charge on any atom is -0.382 e. The number of fused-ring (bicyclic) bond motifs is 2. The lowest BCUT2D eigenvalue weighted by Gasteiger charge is -2.10. The minimum absolute atomic E-state index is 0.0232. The zero-order valence-electron chi connectivity index (χ0n) is 22.5. The topological polar surface area (TPSA) is 141 Å². The van der Waals surface area contributed by atoms with Crippen LogP contribution in [0.3, 0.4) is 0 Å². The number of benzene rings is 1. The quantitative estimate of drug-likeness (QED) is 0.196. The molecule has 0 aliphatic rings. The summed E-state index contributed by atoms with van der Waals surface area (Å²) in [7, 11) is -3.43. The van der Waals surface area contributed by atoms with Gasteiger partial charge in [-0.1, -0.05) is 0 Å². The van der Waals surface area contributed by atoms with Crippen LogP contribution in [0.25, 0.3) is 55.7 Å². The molecule has 0 amide bonds. The summed E-state index contributed by atoms with van der Waals surface area (Å²) in [6.45, 7) is 4.11. The monoisotopic (exact) mass is 570 g/mol. The molecule has 0 aliphatic heterocycles. The molecule has 5 heterocycles. The number of aromatic amines is 2. The Morgan fingerprint density at radius 3 is 2.59 bits per heavy atom. The first-order chi connectivity index (χ1) is 19.6. The van der Waals surface area contributed by atoms with E-state index in [2.05, 4.69) is 49.0 Å². The van der Waals surface area contributed by atoms with E-state index in [1.165, 1.54) is 12.1 Å². The molecule has 1 aromatic carbocycles. The van der Waals surface area contributed by atoms with Crippen LogP contribution in [0.4, 0.5) is 10.1 Å². The predicted molar refractivity (Wildman–Crippen MR) is 158 cm³/mol. The first-order valence-electron chi connectivity index (χ1n) is 12.9. The van der Waals surface area contributed by atoms with Gasteiger partial charge in [0.15, 0.2) is 0 Å². The fraction of sp³-hybridized carbons (Fsp3) is 0.172.